The lowest BCUT2D eigenvalue weighted by atomic mass is 10.1. The minimum atomic E-state index is -1.25. The number of aliphatic carboxylic acids is 1. The van der Waals surface area contributed by atoms with E-state index in [0.29, 0.717) is 5.56 Å². The minimum Gasteiger partial charge on any atom is -0.476 e. The Hall–Kier alpha value is -2.17. The molecule has 1 aromatic rings. The molecule has 0 atom stereocenters. The van der Waals surface area contributed by atoms with Gasteiger partial charge < -0.3 is 9.94 Å². The Morgan fingerprint density at radius 2 is 1.87 bits per heavy atom. The lowest BCUT2D eigenvalue weighted by Gasteiger charge is -1.99. The molecule has 0 radical (unpaired) electrons. The summed E-state index contributed by atoms with van der Waals surface area (Å²) in [6, 6.07) is 8.21. The second kappa shape index (κ2) is 4.90. The molecule has 15 heavy (non-hydrogen) atoms. The van der Waals surface area contributed by atoms with Crippen molar-refractivity contribution in [2.24, 2.45) is 5.16 Å². The SMILES string of the molecule is CC(=O)ON=C(C(=O)O)c1ccccc1. The fraction of sp³-hybridized carbons (Fsp3) is 0.100. The summed E-state index contributed by atoms with van der Waals surface area (Å²) in [6.45, 7) is 1.15. The molecule has 0 fully saturated rings. The van der Waals surface area contributed by atoms with Crippen molar-refractivity contribution in [3.8, 4) is 0 Å². The summed E-state index contributed by atoms with van der Waals surface area (Å²) in [4.78, 5) is 25.6. The van der Waals surface area contributed by atoms with Crippen LogP contribution < -0.4 is 0 Å². The Kier molecular flexibility index (Phi) is 3.56. The Morgan fingerprint density at radius 1 is 1.27 bits per heavy atom. The van der Waals surface area contributed by atoms with Gasteiger partial charge in [0.25, 0.3) is 0 Å². The number of carboxylic acids is 1. The number of hydrogen-bond donors (Lipinski definition) is 1. The van der Waals surface area contributed by atoms with E-state index in [0.717, 1.165) is 6.92 Å². The van der Waals surface area contributed by atoms with Gasteiger partial charge in [0, 0.05) is 12.5 Å². The number of hydrogen-bond acceptors (Lipinski definition) is 4. The van der Waals surface area contributed by atoms with Gasteiger partial charge in [-0.25, -0.2) is 9.59 Å². The van der Waals surface area contributed by atoms with Gasteiger partial charge in [0.05, 0.1) is 0 Å². The molecule has 0 amide bonds. The van der Waals surface area contributed by atoms with E-state index in [1.165, 1.54) is 0 Å². The van der Waals surface area contributed by atoms with Crippen molar-refractivity contribution in [3.05, 3.63) is 35.9 Å². The molecular weight excluding hydrogens is 198 g/mol. The first-order valence-electron chi connectivity index (χ1n) is 4.15. The molecule has 0 aliphatic heterocycles. The summed E-state index contributed by atoms with van der Waals surface area (Å²) in [5.74, 6) is -1.91. The largest absolute Gasteiger partial charge is 0.476 e. The Labute approximate surface area is 86.0 Å². The second-order valence-electron chi connectivity index (χ2n) is 2.69. The van der Waals surface area contributed by atoms with Gasteiger partial charge in [0.2, 0.25) is 0 Å². The van der Waals surface area contributed by atoms with Crippen molar-refractivity contribution in [3.63, 3.8) is 0 Å². The molecule has 0 bridgehead atoms. The van der Waals surface area contributed by atoms with Gasteiger partial charge in [-0.05, 0) is 0 Å². The van der Waals surface area contributed by atoms with Gasteiger partial charge in [-0.15, -0.1) is 0 Å². The van der Waals surface area contributed by atoms with Crippen LogP contribution >= 0.6 is 0 Å². The summed E-state index contributed by atoms with van der Waals surface area (Å²) in [7, 11) is 0. The summed E-state index contributed by atoms with van der Waals surface area (Å²) in [6.07, 6.45) is 0. The average molecular weight is 207 g/mol. The number of carbonyl (C=O) groups is 2. The monoisotopic (exact) mass is 207 g/mol. The van der Waals surface area contributed by atoms with Gasteiger partial charge in [-0.3, -0.25) is 0 Å². The average Bonchev–Trinajstić information content (AvgIpc) is 2.18. The maximum atomic E-state index is 10.8. The zero-order valence-corrected chi connectivity index (χ0v) is 8.01. The van der Waals surface area contributed by atoms with E-state index in [-0.39, 0.29) is 5.71 Å². The number of oxime groups is 1. The van der Waals surface area contributed by atoms with E-state index in [1.807, 2.05) is 0 Å². The molecule has 1 aromatic carbocycles. The number of nitrogens with zero attached hydrogens (tertiary/aromatic N) is 1. The number of benzene rings is 1. The van der Waals surface area contributed by atoms with Crippen LogP contribution in [0.25, 0.3) is 0 Å². The van der Waals surface area contributed by atoms with Gasteiger partial charge in [0.1, 0.15) is 0 Å². The third kappa shape index (κ3) is 3.22. The first kappa shape index (κ1) is 10.9. The third-order valence-electron chi connectivity index (χ3n) is 1.52. The van der Waals surface area contributed by atoms with Crippen LogP contribution in [0.2, 0.25) is 0 Å². The predicted molar refractivity (Wildman–Crippen MR) is 52.4 cm³/mol. The summed E-state index contributed by atoms with van der Waals surface area (Å²) in [5, 5.41) is 12.1. The molecule has 0 aliphatic rings. The van der Waals surface area contributed by atoms with E-state index in [4.69, 9.17) is 5.11 Å². The van der Waals surface area contributed by atoms with Crippen molar-refractivity contribution in [1.29, 1.82) is 0 Å². The molecule has 78 valence electrons. The van der Waals surface area contributed by atoms with Crippen molar-refractivity contribution >= 4 is 17.7 Å². The maximum Gasteiger partial charge on any atom is 0.358 e. The van der Waals surface area contributed by atoms with E-state index in [9.17, 15) is 9.59 Å². The molecular formula is C10H9NO4. The van der Waals surface area contributed by atoms with Crippen molar-refractivity contribution in [2.75, 3.05) is 0 Å². The van der Waals surface area contributed by atoms with Gasteiger partial charge in [-0.2, -0.15) is 0 Å². The standard InChI is InChI=1S/C10H9NO4/c1-7(12)15-11-9(10(13)14)8-5-3-2-4-6-8/h2-6H,1H3,(H,13,14). The molecule has 5 heteroatoms. The fourth-order valence-electron chi connectivity index (χ4n) is 0.921. The maximum absolute atomic E-state index is 10.8. The summed E-state index contributed by atoms with van der Waals surface area (Å²) in [5.41, 5.74) is 0.0806. The highest BCUT2D eigenvalue weighted by atomic mass is 16.7. The molecule has 1 rings (SSSR count). The number of carboxylic acid groups (broad SMARTS) is 1. The number of rotatable bonds is 3. The zero-order valence-electron chi connectivity index (χ0n) is 8.01. The minimum absolute atomic E-state index is 0.300. The lowest BCUT2D eigenvalue weighted by Crippen LogP contribution is -2.15. The van der Waals surface area contributed by atoms with Gasteiger partial charge in [-0.1, -0.05) is 35.5 Å². The quantitative estimate of drug-likeness (QED) is 0.456. The van der Waals surface area contributed by atoms with Crippen LogP contribution in [0.3, 0.4) is 0 Å². The molecule has 0 spiro atoms. The van der Waals surface area contributed by atoms with Gasteiger partial charge in [0.15, 0.2) is 5.71 Å². The van der Waals surface area contributed by atoms with E-state index >= 15 is 0 Å². The zero-order chi connectivity index (χ0) is 11.3. The molecule has 0 saturated carbocycles. The normalized spacial score (nSPS) is 10.9. The van der Waals surface area contributed by atoms with Crippen LogP contribution in [0.15, 0.2) is 35.5 Å². The third-order valence-corrected chi connectivity index (χ3v) is 1.52. The fourth-order valence-corrected chi connectivity index (χ4v) is 0.921. The Bertz CT molecular complexity index is 397. The van der Waals surface area contributed by atoms with Crippen molar-refractivity contribution in [1.82, 2.24) is 0 Å². The molecule has 0 unspecified atom stereocenters. The molecule has 0 aliphatic carbocycles. The lowest BCUT2D eigenvalue weighted by molar-refractivity contribution is -0.141. The Morgan fingerprint density at radius 3 is 2.33 bits per heavy atom. The number of carbonyl (C=O) groups excluding carboxylic acids is 1. The smallest absolute Gasteiger partial charge is 0.358 e. The molecule has 0 saturated heterocycles. The van der Waals surface area contributed by atoms with Crippen LogP contribution in [0.4, 0.5) is 0 Å². The highest BCUT2D eigenvalue weighted by Gasteiger charge is 2.13. The van der Waals surface area contributed by atoms with Gasteiger partial charge >= 0.3 is 11.9 Å². The molecule has 0 heterocycles. The van der Waals surface area contributed by atoms with Crippen molar-refractivity contribution in [2.45, 2.75) is 6.92 Å². The first-order valence-corrected chi connectivity index (χ1v) is 4.15. The van der Waals surface area contributed by atoms with Crippen LogP contribution in [-0.2, 0) is 14.4 Å². The van der Waals surface area contributed by atoms with E-state index in [1.54, 1.807) is 30.3 Å². The van der Waals surface area contributed by atoms with Crippen LogP contribution in [0, 0.1) is 0 Å². The first-order chi connectivity index (χ1) is 7.11. The topological polar surface area (TPSA) is 76.0 Å². The van der Waals surface area contributed by atoms with Crippen molar-refractivity contribution < 1.29 is 19.5 Å². The molecule has 1 N–H and O–H groups in total. The predicted octanol–water partition coefficient (Wildman–Crippen LogP) is 1.04. The second-order valence-corrected chi connectivity index (χ2v) is 2.69. The highest BCUT2D eigenvalue weighted by Crippen LogP contribution is 2.02. The van der Waals surface area contributed by atoms with E-state index < -0.39 is 11.9 Å². The molecule has 5 nitrogen and oxygen atoms in total. The Balaban J connectivity index is 2.99. The highest BCUT2D eigenvalue weighted by molar-refractivity contribution is 6.42. The molecule has 0 aromatic heterocycles. The van der Waals surface area contributed by atoms with E-state index in [2.05, 4.69) is 9.99 Å². The van der Waals surface area contributed by atoms with Crippen LogP contribution in [-0.4, -0.2) is 22.8 Å². The van der Waals surface area contributed by atoms with Crippen LogP contribution in [0.5, 0.6) is 0 Å². The van der Waals surface area contributed by atoms with Crippen LogP contribution in [0.1, 0.15) is 12.5 Å². The summed E-state index contributed by atoms with van der Waals surface area (Å²) < 4.78 is 0. The summed E-state index contributed by atoms with van der Waals surface area (Å²) >= 11 is 0.